The van der Waals surface area contributed by atoms with Gasteiger partial charge in [0.25, 0.3) is 5.91 Å². The fourth-order valence-electron chi connectivity index (χ4n) is 6.93. The Bertz CT molecular complexity index is 2270. The third-order valence-electron chi connectivity index (χ3n) is 9.73. The maximum atomic E-state index is 13.0. The fraction of sp³-hybridized carbons (Fsp3) is 0.238. The first-order valence-corrected chi connectivity index (χ1v) is 18.0. The molecule has 0 bridgehead atoms. The van der Waals surface area contributed by atoms with Crippen LogP contribution in [0.5, 0.6) is 11.5 Å². The van der Waals surface area contributed by atoms with E-state index < -0.39 is 48.5 Å². The van der Waals surface area contributed by atoms with Crippen molar-refractivity contribution in [3.8, 4) is 11.5 Å². The van der Waals surface area contributed by atoms with Crippen molar-refractivity contribution in [2.24, 2.45) is 0 Å². The molecule has 1 aliphatic heterocycles. The molecule has 3 heterocycles. The van der Waals surface area contributed by atoms with Crippen LogP contribution in [0, 0.1) is 0 Å². The zero-order valence-electron chi connectivity index (χ0n) is 30.9. The van der Waals surface area contributed by atoms with Crippen LogP contribution in [0.2, 0.25) is 0 Å². The van der Waals surface area contributed by atoms with Gasteiger partial charge in [0.05, 0.1) is 39.7 Å². The molecule has 0 radical (unpaired) electrons. The minimum Gasteiger partial charge on any atom is -0.497 e. The third-order valence-corrected chi connectivity index (χ3v) is 9.73. The van der Waals surface area contributed by atoms with Crippen LogP contribution < -0.4 is 14.8 Å². The highest BCUT2D eigenvalue weighted by Gasteiger charge is 2.44. The smallest absolute Gasteiger partial charge is 0.333 e. The van der Waals surface area contributed by atoms with E-state index >= 15 is 0 Å². The lowest BCUT2D eigenvalue weighted by Gasteiger charge is -2.37. The van der Waals surface area contributed by atoms with E-state index in [9.17, 15) is 24.6 Å². The van der Waals surface area contributed by atoms with Crippen LogP contribution in [0.1, 0.15) is 46.1 Å². The lowest BCUT2D eigenvalue weighted by Crippen LogP contribution is -2.40. The van der Waals surface area contributed by atoms with Gasteiger partial charge >= 0.3 is 11.9 Å². The molecule has 15 heteroatoms. The molecule has 7 rings (SSSR count). The van der Waals surface area contributed by atoms with Gasteiger partial charge < -0.3 is 39.2 Å². The number of methoxy groups -OCH3 is 2. The Morgan fingerprint density at radius 1 is 0.825 bits per heavy atom. The van der Waals surface area contributed by atoms with Crippen LogP contribution in [-0.2, 0) is 29.4 Å². The van der Waals surface area contributed by atoms with Gasteiger partial charge in [-0.05, 0) is 53.1 Å². The van der Waals surface area contributed by atoms with Gasteiger partial charge in [0.1, 0.15) is 35.8 Å². The number of fused-ring (bicyclic) bond motifs is 1. The van der Waals surface area contributed by atoms with Gasteiger partial charge in [0.15, 0.2) is 23.1 Å². The molecular formula is C42H39N5O10. The molecule has 15 nitrogen and oxygen atoms in total. The molecule has 1 saturated heterocycles. The second-order valence-corrected chi connectivity index (χ2v) is 13.1. The zero-order chi connectivity index (χ0) is 39.9. The van der Waals surface area contributed by atoms with E-state index in [1.54, 1.807) is 49.1 Å². The highest BCUT2D eigenvalue weighted by molar-refractivity contribution is 6.06. The monoisotopic (exact) mass is 773 g/mol. The number of rotatable bonds is 16. The van der Waals surface area contributed by atoms with Crippen LogP contribution >= 0.6 is 0 Å². The zero-order valence-corrected chi connectivity index (χ0v) is 30.9. The van der Waals surface area contributed by atoms with Crippen LogP contribution in [0.25, 0.3) is 11.2 Å². The number of benzene rings is 4. The molecule has 2 aromatic heterocycles. The highest BCUT2D eigenvalue weighted by atomic mass is 16.6. The number of hydrogen-bond acceptors (Lipinski definition) is 11. The van der Waals surface area contributed by atoms with E-state index in [-0.39, 0.29) is 24.8 Å². The fourth-order valence-corrected chi connectivity index (χ4v) is 6.93. The Kier molecular flexibility index (Phi) is 11.5. The van der Waals surface area contributed by atoms with Crippen LogP contribution in [0.15, 0.2) is 122 Å². The van der Waals surface area contributed by atoms with Gasteiger partial charge in [0.2, 0.25) is 0 Å². The number of imidazole rings is 1. The van der Waals surface area contributed by atoms with Gasteiger partial charge in [-0.15, -0.1) is 0 Å². The summed E-state index contributed by atoms with van der Waals surface area (Å²) in [5.41, 5.74) is 2.08. The minimum absolute atomic E-state index is 0.0714. The van der Waals surface area contributed by atoms with Crippen molar-refractivity contribution >= 4 is 34.8 Å². The average Bonchev–Trinajstić information content (AvgIpc) is 3.86. The average molecular weight is 774 g/mol. The number of carbonyl (C=O) groups is 3. The molecule has 57 heavy (non-hydrogen) atoms. The molecule has 0 saturated carbocycles. The Morgan fingerprint density at radius 2 is 1.42 bits per heavy atom. The van der Waals surface area contributed by atoms with Gasteiger partial charge in [-0.2, -0.15) is 0 Å². The van der Waals surface area contributed by atoms with Crippen LogP contribution in [0.4, 0.5) is 5.82 Å². The van der Waals surface area contributed by atoms with Gasteiger partial charge in [-0.3, -0.25) is 14.2 Å². The number of carboxylic acid groups (broad SMARTS) is 2. The number of carbonyl (C=O) groups excluding carboxylic acids is 1. The second kappa shape index (κ2) is 17.0. The summed E-state index contributed by atoms with van der Waals surface area (Å²) < 4.78 is 32.3. The molecule has 1 amide bonds. The quantitative estimate of drug-likeness (QED) is 0.102. The summed E-state index contributed by atoms with van der Waals surface area (Å²) in [6.07, 6.45) is -2.33. The first-order valence-electron chi connectivity index (χ1n) is 18.0. The largest absolute Gasteiger partial charge is 0.497 e. The van der Waals surface area contributed by atoms with E-state index in [1.165, 1.54) is 12.7 Å². The highest BCUT2D eigenvalue weighted by Crippen LogP contribution is 2.43. The molecule has 6 aromatic rings. The van der Waals surface area contributed by atoms with E-state index in [0.29, 0.717) is 28.2 Å². The molecule has 1 aliphatic rings. The SMILES string of the molecule is COc1ccc(C(OCC2OC(n3cnc4c(NC(=O)c5ccccc5)ncnc43)CC2OC(CC(=O)O)C(=O)O)(c2ccccc2)c2ccc(OC)cc2)cc1. The number of aliphatic carboxylic acids is 2. The van der Waals surface area contributed by atoms with E-state index in [2.05, 4.69) is 20.3 Å². The minimum atomic E-state index is -1.68. The summed E-state index contributed by atoms with van der Waals surface area (Å²) in [5, 5.41) is 22.3. The molecule has 1 fully saturated rings. The van der Waals surface area contributed by atoms with Crippen molar-refractivity contribution in [1.29, 1.82) is 0 Å². The van der Waals surface area contributed by atoms with Crippen molar-refractivity contribution < 1.29 is 48.3 Å². The number of amides is 1. The molecule has 0 spiro atoms. The van der Waals surface area contributed by atoms with E-state index in [4.69, 9.17) is 23.7 Å². The van der Waals surface area contributed by atoms with Crippen molar-refractivity contribution in [3.63, 3.8) is 0 Å². The summed E-state index contributed by atoms with van der Waals surface area (Å²) in [5.74, 6) is -1.70. The number of nitrogens with one attached hydrogen (secondary N) is 1. The number of nitrogens with zero attached hydrogens (tertiary/aromatic N) is 4. The van der Waals surface area contributed by atoms with E-state index in [1.807, 2.05) is 78.9 Å². The number of ether oxygens (including phenoxy) is 5. The Labute approximate surface area is 326 Å². The second-order valence-electron chi connectivity index (χ2n) is 13.1. The number of anilines is 1. The van der Waals surface area contributed by atoms with Crippen molar-refractivity contribution in [2.45, 2.75) is 43.0 Å². The maximum absolute atomic E-state index is 13.0. The lowest BCUT2D eigenvalue weighted by molar-refractivity contribution is -0.166. The summed E-state index contributed by atoms with van der Waals surface area (Å²) in [6.45, 7) is -0.145. The topological polar surface area (TPSA) is 193 Å². The molecule has 4 atom stereocenters. The first kappa shape index (κ1) is 38.6. The summed E-state index contributed by atoms with van der Waals surface area (Å²) in [4.78, 5) is 50.2. The van der Waals surface area contributed by atoms with E-state index in [0.717, 1.165) is 16.7 Å². The Hall–Kier alpha value is -6.68. The van der Waals surface area contributed by atoms with Gasteiger partial charge in [-0.1, -0.05) is 72.8 Å². The van der Waals surface area contributed by atoms with Crippen molar-refractivity contribution in [3.05, 3.63) is 144 Å². The number of carboxylic acids is 2. The third kappa shape index (κ3) is 8.16. The van der Waals surface area contributed by atoms with Crippen molar-refractivity contribution in [1.82, 2.24) is 19.5 Å². The maximum Gasteiger partial charge on any atom is 0.333 e. The Balaban J connectivity index is 1.26. The molecule has 4 unspecified atom stereocenters. The molecular weight excluding hydrogens is 734 g/mol. The normalized spacial score (nSPS) is 17.2. The van der Waals surface area contributed by atoms with Crippen LogP contribution in [-0.4, -0.2) is 86.7 Å². The molecule has 3 N–H and O–H groups in total. The Morgan fingerprint density at radius 3 is 2.00 bits per heavy atom. The predicted molar refractivity (Wildman–Crippen MR) is 205 cm³/mol. The number of aromatic nitrogens is 4. The molecule has 292 valence electrons. The predicted octanol–water partition coefficient (Wildman–Crippen LogP) is 5.71. The first-order chi connectivity index (χ1) is 27.7. The van der Waals surface area contributed by atoms with Gasteiger partial charge in [0, 0.05) is 12.0 Å². The standard InChI is InChI=1S/C42H39N5O10/c1-53-30-17-13-28(14-18-30)42(27-11-7-4-8-12-27,29-15-19-31(54-2)20-16-29)55-23-34-32(56-33(41(51)52)22-36(48)49)21-35(57-34)47-25-45-37-38(43-24-44-39(37)47)46-40(50)26-9-5-3-6-10-26/h3-20,24-25,32-35H,21-23H2,1-2H3,(H,48,49)(H,51,52)(H,43,44,46,50). The summed E-state index contributed by atoms with van der Waals surface area (Å²) in [6, 6.07) is 33.2. The molecule has 0 aliphatic carbocycles. The van der Waals surface area contributed by atoms with Gasteiger partial charge in [-0.25, -0.2) is 19.7 Å². The molecule has 4 aromatic carbocycles. The van der Waals surface area contributed by atoms with Crippen LogP contribution in [0.3, 0.4) is 0 Å². The lowest BCUT2D eigenvalue weighted by atomic mass is 9.80. The number of hydrogen-bond donors (Lipinski definition) is 3. The summed E-state index contributed by atoms with van der Waals surface area (Å²) in [7, 11) is 3.17. The summed E-state index contributed by atoms with van der Waals surface area (Å²) >= 11 is 0. The van der Waals surface area contributed by atoms with Crippen molar-refractivity contribution in [2.75, 3.05) is 26.1 Å².